The number of aromatic carboxylic acids is 1. The number of Topliss-reactive ketones (excluding diaryl/α,β-unsaturated/α-hetero) is 1. The molecule has 158 valence electrons. The van der Waals surface area contributed by atoms with Gasteiger partial charge in [-0.3, -0.25) is 4.79 Å². The van der Waals surface area contributed by atoms with Crippen molar-refractivity contribution in [3.05, 3.63) is 91.5 Å². The molecule has 0 saturated heterocycles. The minimum Gasteiger partial charge on any atom is -0.872 e. The average molecular weight is 526 g/mol. The van der Waals surface area contributed by atoms with Gasteiger partial charge in [0.25, 0.3) is 0 Å². The number of benzene rings is 2. The minimum absolute atomic E-state index is 0. The maximum atomic E-state index is 12.3. The van der Waals surface area contributed by atoms with Gasteiger partial charge in [0.1, 0.15) is 5.57 Å². The van der Waals surface area contributed by atoms with E-state index in [2.05, 4.69) is 0 Å². The van der Waals surface area contributed by atoms with Gasteiger partial charge in [-0.1, -0.05) is 46.6 Å². The first-order valence-electron chi connectivity index (χ1n) is 8.93. The molecule has 1 N–H and O–H groups in total. The van der Waals surface area contributed by atoms with Crippen LogP contribution in [-0.2, 0) is 9.59 Å². The Morgan fingerprint density at radius 2 is 1.53 bits per heavy atom. The summed E-state index contributed by atoms with van der Waals surface area (Å²) in [7, 11) is 0. The fraction of sp³-hybridized carbons (Fsp3) is 0.0870. The predicted octanol–water partition coefficient (Wildman–Crippen LogP) is -5.91. The standard InChI is InChI=1S/C23H16Cl2O6.3Na/c1-10-6-12(8-14(20(10)26)22(28)29)18(19-16(24)4-3-5-17(19)25)13-7-11(2)21(27)15(9-13)23(30)31;;;/h3-9,26H,1-2H3,(H,28,29)(H,30,31);;;/q;3*+1/p-2/b18-13-;;;. The van der Waals surface area contributed by atoms with Crippen molar-refractivity contribution in [3.63, 3.8) is 0 Å². The molecule has 0 aliphatic heterocycles. The quantitative estimate of drug-likeness (QED) is 0.314. The molecule has 0 radical (unpaired) electrons. The van der Waals surface area contributed by atoms with Crippen molar-refractivity contribution in [2.24, 2.45) is 0 Å². The number of carbonyl (C=O) groups is 3. The number of aliphatic carboxylic acids is 1. The zero-order valence-electron chi connectivity index (χ0n) is 19.3. The molecule has 34 heavy (non-hydrogen) atoms. The molecule has 1 aliphatic carbocycles. The number of halogens is 2. The molecule has 0 amide bonds. The summed E-state index contributed by atoms with van der Waals surface area (Å²) in [5, 5.41) is 33.6. The summed E-state index contributed by atoms with van der Waals surface area (Å²) in [4.78, 5) is 35.4. The SMILES string of the molecule is CC1=C/C(=C(\c2cc(C)c([O-])c(C(=O)[O-])c2)c2c(Cl)cccc2Cl)C=C(C(=O)O)C1=O.[Na+].[Na+].[Na+]. The number of hydrogen-bond acceptors (Lipinski definition) is 5. The molecule has 0 saturated carbocycles. The first-order valence-corrected chi connectivity index (χ1v) is 9.68. The third-order valence-electron chi connectivity index (χ3n) is 4.79. The zero-order valence-corrected chi connectivity index (χ0v) is 26.8. The molecule has 11 heteroatoms. The molecule has 0 atom stereocenters. The van der Waals surface area contributed by atoms with E-state index in [0.717, 1.165) is 6.07 Å². The van der Waals surface area contributed by atoms with Crippen LogP contribution in [0.25, 0.3) is 5.57 Å². The predicted molar refractivity (Wildman–Crippen MR) is 112 cm³/mol. The van der Waals surface area contributed by atoms with E-state index in [-0.39, 0.29) is 127 Å². The van der Waals surface area contributed by atoms with Crippen LogP contribution in [-0.4, -0.2) is 22.8 Å². The number of ketones is 1. The van der Waals surface area contributed by atoms with Gasteiger partial charge in [-0.15, -0.1) is 0 Å². The van der Waals surface area contributed by atoms with Gasteiger partial charge in [-0.05, 0) is 72.0 Å². The van der Waals surface area contributed by atoms with Crippen LogP contribution >= 0.6 is 23.2 Å². The second-order valence-electron chi connectivity index (χ2n) is 6.90. The van der Waals surface area contributed by atoms with Gasteiger partial charge >= 0.3 is 94.6 Å². The van der Waals surface area contributed by atoms with E-state index in [9.17, 15) is 29.7 Å². The Balaban J connectivity index is 0.00000363. The molecule has 0 fully saturated rings. The van der Waals surface area contributed by atoms with Gasteiger partial charge in [0.15, 0.2) is 5.78 Å². The molecule has 3 rings (SSSR count). The van der Waals surface area contributed by atoms with Gasteiger partial charge < -0.3 is 20.1 Å². The summed E-state index contributed by atoms with van der Waals surface area (Å²) in [5.74, 6) is -4.43. The van der Waals surface area contributed by atoms with E-state index in [0.29, 0.717) is 5.56 Å². The fourth-order valence-electron chi connectivity index (χ4n) is 3.34. The van der Waals surface area contributed by atoms with E-state index >= 15 is 0 Å². The summed E-state index contributed by atoms with van der Waals surface area (Å²) in [6, 6.07) is 7.30. The number of carbonyl (C=O) groups excluding carboxylic acids is 2. The molecular weight excluding hydrogens is 512 g/mol. The second-order valence-corrected chi connectivity index (χ2v) is 7.72. The molecule has 2 aromatic rings. The summed E-state index contributed by atoms with van der Waals surface area (Å²) < 4.78 is 0. The number of rotatable bonds is 4. The topological polar surface area (TPSA) is 118 Å². The van der Waals surface area contributed by atoms with Crippen LogP contribution in [0, 0.1) is 6.92 Å². The monoisotopic (exact) mass is 525 g/mol. The van der Waals surface area contributed by atoms with Crippen LogP contribution < -0.4 is 98.9 Å². The maximum Gasteiger partial charge on any atom is 1.00 e. The van der Waals surface area contributed by atoms with Crippen LogP contribution in [0.1, 0.15) is 34.0 Å². The largest absolute Gasteiger partial charge is 1.00 e. The number of aryl methyl sites for hydroxylation is 1. The Kier molecular flexibility index (Phi) is 13.7. The molecule has 0 spiro atoms. The van der Waals surface area contributed by atoms with Crippen molar-refractivity contribution in [1.82, 2.24) is 0 Å². The van der Waals surface area contributed by atoms with Crippen molar-refractivity contribution in [1.29, 1.82) is 0 Å². The Morgan fingerprint density at radius 3 is 2.03 bits per heavy atom. The van der Waals surface area contributed by atoms with Crippen molar-refractivity contribution >= 4 is 46.5 Å². The van der Waals surface area contributed by atoms with Gasteiger partial charge in [0.2, 0.25) is 0 Å². The zero-order chi connectivity index (χ0) is 23.0. The second kappa shape index (κ2) is 13.8. The van der Waals surface area contributed by atoms with E-state index in [4.69, 9.17) is 23.2 Å². The van der Waals surface area contributed by atoms with E-state index in [1.807, 2.05) is 0 Å². The van der Waals surface area contributed by atoms with Crippen LogP contribution in [0.3, 0.4) is 0 Å². The fourth-order valence-corrected chi connectivity index (χ4v) is 3.93. The Morgan fingerprint density at radius 1 is 0.971 bits per heavy atom. The molecule has 6 nitrogen and oxygen atoms in total. The Hall–Kier alpha value is -0.350. The smallest absolute Gasteiger partial charge is 0.872 e. The van der Waals surface area contributed by atoms with Crippen molar-refractivity contribution in [2.75, 3.05) is 0 Å². The first-order chi connectivity index (χ1) is 14.5. The van der Waals surface area contributed by atoms with Crippen molar-refractivity contribution < 1.29 is 118 Å². The van der Waals surface area contributed by atoms with Crippen LogP contribution in [0.4, 0.5) is 0 Å². The molecule has 0 heterocycles. The Labute approximate surface area is 272 Å². The van der Waals surface area contributed by atoms with Gasteiger partial charge in [0, 0.05) is 15.6 Å². The summed E-state index contributed by atoms with van der Waals surface area (Å²) >= 11 is 12.8. The average Bonchev–Trinajstić information content (AvgIpc) is 2.68. The van der Waals surface area contributed by atoms with Gasteiger partial charge in [-0.2, -0.15) is 0 Å². The van der Waals surface area contributed by atoms with Gasteiger partial charge in [0.05, 0.1) is 5.97 Å². The summed E-state index contributed by atoms with van der Waals surface area (Å²) in [6.07, 6.45) is 2.63. The summed E-state index contributed by atoms with van der Waals surface area (Å²) in [6.45, 7) is 2.90. The third-order valence-corrected chi connectivity index (χ3v) is 5.42. The number of allylic oxidation sites excluding steroid dienone is 4. The normalized spacial score (nSPS) is 13.9. The summed E-state index contributed by atoms with van der Waals surface area (Å²) in [5.41, 5.74) is 0.349. The van der Waals surface area contributed by atoms with E-state index in [1.54, 1.807) is 18.2 Å². The van der Waals surface area contributed by atoms with Crippen LogP contribution in [0.2, 0.25) is 10.0 Å². The molecule has 0 bridgehead atoms. The van der Waals surface area contributed by atoms with E-state index in [1.165, 1.54) is 32.1 Å². The molecular formula is C23H14Cl2Na3O6+. The van der Waals surface area contributed by atoms with Crippen molar-refractivity contribution in [2.45, 2.75) is 13.8 Å². The Bertz CT molecular complexity index is 1250. The molecule has 1 aliphatic rings. The molecule has 2 aromatic carbocycles. The van der Waals surface area contributed by atoms with E-state index < -0.39 is 34.6 Å². The van der Waals surface area contributed by atoms with Crippen LogP contribution in [0.5, 0.6) is 5.75 Å². The number of carboxylic acids is 2. The van der Waals surface area contributed by atoms with Crippen molar-refractivity contribution in [3.8, 4) is 5.75 Å². The number of hydrogen-bond donors (Lipinski definition) is 1. The third kappa shape index (κ3) is 6.90. The van der Waals surface area contributed by atoms with Gasteiger partial charge in [-0.25, -0.2) is 4.79 Å². The molecule has 0 aromatic heterocycles. The maximum absolute atomic E-state index is 12.3. The number of carboxylic acid groups (broad SMARTS) is 2. The molecule has 0 unspecified atom stereocenters. The minimum atomic E-state index is -1.66. The first kappa shape index (κ1) is 33.7. The van der Waals surface area contributed by atoms with Crippen LogP contribution in [0.15, 0.2) is 59.2 Å².